The first-order valence-corrected chi connectivity index (χ1v) is 10.2. The van der Waals surface area contributed by atoms with Gasteiger partial charge >= 0.3 is 0 Å². The van der Waals surface area contributed by atoms with E-state index in [0.29, 0.717) is 37.5 Å². The van der Waals surface area contributed by atoms with E-state index in [-0.39, 0.29) is 5.91 Å². The average molecular weight is 372 g/mol. The molecule has 26 heavy (non-hydrogen) atoms. The van der Waals surface area contributed by atoms with Crippen LogP contribution in [0.4, 0.5) is 0 Å². The van der Waals surface area contributed by atoms with Gasteiger partial charge in [0, 0.05) is 26.2 Å². The Morgan fingerprint density at radius 2 is 1.54 bits per heavy atom. The van der Waals surface area contributed by atoms with Gasteiger partial charge in [-0.05, 0) is 31.0 Å². The lowest BCUT2D eigenvalue weighted by Gasteiger charge is -2.34. The third kappa shape index (κ3) is 3.97. The van der Waals surface area contributed by atoms with Crippen molar-refractivity contribution in [3.05, 3.63) is 65.2 Å². The summed E-state index contributed by atoms with van der Waals surface area (Å²) in [6.07, 6.45) is 0.352. The van der Waals surface area contributed by atoms with Crippen LogP contribution in [0.2, 0.25) is 0 Å². The zero-order valence-electron chi connectivity index (χ0n) is 15.2. The minimum atomic E-state index is -3.51. The molecule has 0 saturated carbocycles. The van der Waals surface area contributed by atoms with Gasteiger partial charge in [-0.2, -0.15) is 4.31 Å². The quantitative estimate of drug-likeness (QED) is 0.828. The predicted molar refractivity (Wildman–Crippen MR) is 101 cm³/mol. The number of rotatable bonds is 4. The van der Waals surface area contributed by atoms with Crippen molar-refractivity contribution in [1.82, 2.24) is 9.21 Å². The second kappa shape index (κ2) is 7.60. The first-order valence-electron chi connectivity index (χ1n) is 8.77. The fourth-order valence-electron chi connectivity index (χ4n) is 3.16. The molecule has 0 aliphatic carbocycles. The fourth-order valence-corrected chi connectivity index (χ4v) is 4.80. The van der Waals surface area contributed by atoms with Crippen molar-refractivity contribution in [1.29, 1.82) is 0 Å². The van der Waals surface area contributed by atoms with E-state index in [0.717, 1.165) is 16.7 Å². The highest BCUT2D eigenvalue weighted by Gasteiger charge is 2.30. The molecule has 0 atom stereocenters. The summed E-state index contributed by atoms with van der Waals surface area (Å²) in [5, 5.41) is 0. The average Bonchev–Trinajstić information content (AvgIpc) is 2.64. The number of amides is 1. The largest absolute Gasteiger partial charge is 0.340 e. The highest BCUT2D eigenvalue weighted by atomic mass is 32.2. The molecule has 1 fully saturated rings. The number of hydrogen-bond donors (Lipinski definition) is 0. The number of piperazine rings is 1. The number of benzene rings is 2. The Morgan fingerprint density at radius 1 is 0.923 bits per heavy atom. The molecule has 5 nitrogen and oxygen atoms in total. The van der Waals surface area contributed by atoms with E-state index in [1.165, 1.54) is 4.31 Å². The Morgan fingerprint density at radius 3 is 2.15 bits per heavy atom. The van der Waals surface area contributed by atoms with Crippen LogP contribution in [0, 0.1) is 13.8 Å². The first kappa shape index (κ1) is 18.6. The standard InChI is InChI=1S/C20H24N2O3S/c1-16-7-9-18(10-8-16)15-20(23)21-11-13-22(14-12-21)26(24,25)19-6-4-3-5-17(19)2/h3-10H,11-15H2,1-2H3. The number of nitrogens with zero attached hydrogens (tertiary/aromatic N) is 2. The van der Waals surface area contributed by atoms with E-state index in [4.69, 9.17) is 0 Å². The van der Waals surface area contributed by atoms with Gasteiger partial charge in [0.25, 0.3) is 0 Å². The smallest absolute Gasteiger partial charge is 0.243 e. The number of sulfonamides is 1. The molecular formula is C20H24N2O3S. The number of hydrogen-bond acceptors (Lipinski definition) is 3. The first-order chi connectivity index (χ1) is 12.4. The lowest BCUT2D eigenvalue weighted by Crippen LogP contribution is -2.50. The van der Waals surface area contributed by atoms with E-state index in [9.17, 15) is 13.2 Å². The molecule has 0 unspecified atom stereocenters. The van der Waals surface area contributed by atoms with E-state index >= 15 is 0 Å². The summed E-state index contributed by atoms with van der Waals surface area (Å²) in [5.74, 6) is 0.0433. The van der Waals surface area contributed by atoms with Gasteiger partial charge in [0.1, 0.15) is 0 Å². The van der Waals surface area contributed by atoms with Crippen LogP contribution >= 0.6 is 0 Å². The lowest BCUT2D eigenvalue weighted by molar-refractivity contribution is -0.131. The maximum Gasteiger partial charge on any atom is 0.243 e. The van der Waals surface area contributed by atoms with Crippen LogP contribution in [0.1, 0.15) is 16.7 Å². The van der Waals surface area contributed by atoms with Gasteiger partial charge in [-0.25, -0.2) is 8.42 Å². The fraction of sp³-hybridized carbons (Fsp3) is 0.350. The SMILES string of the molecule is Cc1ccc(CC(=O)N2CCN(S(=O)(=O)c3ccccc3C)CC2)cc1. The molecule has 138 valence electrons. The van der Waals surface area contributed by atoms with Crippen molar-refractivity contribution >= 4 is 15.9 Å². The number of carbonyl (C=O) groups excluding carboxylic acids is 1. The molecule has 0 radical (unpaired) electrons. The van der Waals surface area contributed by atoms with E-state index < -0.39 is 10.0 Å². The molecule has 3 rings (SSSR count). The molecule has 2 aromatic rings. The molecule has 1 saturated heterocycles. The highest BCUT2D eigenvalue weighted by molar-refractivity contribution is 7.89. The monoisotopic (exact) mass is 372 g/mol. The Hall–Kier alpha value is -2.18. The van der Waals surface area contributed by atoms with Crippen LogP contribution in [0.25, 0.3) is 0 Å². The highest BCUT2D eigenvalue weighted by Crippen LogP contribution is 2.21. The van der Waals surface area contributed by atoms with Gasteiger partial charge in [0.05, 0.1) is 11.3 Å². The zero-order chi connectivity index (χ0) is 18.7. The Balaban J connectivity index is 1.62. The Bertz CT molecular complexity index is 884. The normalized spacial score (nSPS) is 15.8. The van der Waals surface area contributed by atoms with E-state index in [1.807, 2.05) is 37.3 Å². The van der Waals surface area contributed by atoms with Gasteiger partial charge in [-0.1, -0.05) is 48.0 Å². The second-order valence-corrected chi connectivity index (χ2v) is 8.62. The topological polar surface area (TPSA) is 57.7 Å². The number of carbonyl (C=O) groups is 1. The second-order valence-electron chi connectivity index (χ2n) is 6.71. The van der Waals surface area contributed by atoms with Gasteiger partial charge in [0.15, 0.2) is 0 Å². The minimum Gasteiger partial charge on any atom is -0.340 e. The summed E-state index contributed by atoms with van der Waals surface area (Å²) in [6.45, 7) is 5.33. The van der Waals surface area contributed by atoms with Crippen LogP contribution in [0.5, 0.6) is 0 Å². The van der Waals surface area contributed by atoms with Crippen molar-refractivity contribution in [3.8, 4) is 0 Å². The summed E-state index contributed by atoms with van der Waals surface area (Å²) in [6, 6.07) is 14.9. The van der Waals surface area contributed by atoms with Crippen LogP contribution in [-0.4, -0.2) is 49.7 Å². The van der Waals surface area contributed by atoms with Crippen molar-refractivity contribution < 1.29 is 13.2 Å². The Labute approximate surface area is 155 Å². The Kier molecular flexibility index (Phi) is 5.44. The van der Waals surface area contributed by atoms with Crippen LogP contribution in [0.15, 0.2) is 53.4 Å². The summed E-state index contributed by atoms with van der Waals surface area (Å²) in [4.78, 5) is 14.6. The molecule has 0 N–H and O–H groups in total. The molecule has 0 bridgehead atoms. The van der Waals surface area contributed by atoms with Gasteiger partial charge in [-0.15, -0.1) is 0 Å². The lowest BCUT2D eigenvalue weighted by atomic mass is 10.1. The molecule has 0 spiro atoms. The van der Waals surface area contributed by atoms with Crippen molar-refractivity contribution in [2.45, 2.75) is 25.2 Å². The third-order valence-electron chi connectivity index (χ3n) is 4.78. The molecule has 1 heterocycles. The molecule has 1 aliphatic rings. The van der Waals surface area contributed by atoms with Crippen LogP contribution in [-0.2, 0) is 21.2 Å². The molecule has 0 aromatic heterocycles. The van der Waals surface area contributed by atoms with Crippen molar-refractivity contribution in [2.75, 3.05) is 26.2 Å². The van der Waals surface area contributed by atoms with E-state index in [1.54, 1.807) is 30.0 Å². The zero-order valence-corrected chi connectivity index (χ0v) is 16.0. The van der Waals surface area contributed by atoms with Crippen LogP contribution < -0.4 is 0 Å². The summed E-state index contributed by atoms with van der Waals surface area (Å²) in [5.41, 5.74) is 2.89. The molecule has 1 aliphatic heterocycles. The van der Waals surface area contributed by atoms with E-state index in [2.05, 4.69) is 0 Å². The molecule has 2 aromatic carbocycles. The van der Waals surface area contributed by atoms with Gasteiger partial charge < -0.3 is 4.90 Å². The van der Waals surface area contributed by atoms with Crippen molar-refractivity contribution in [2.24, 2.45) is 0 Å². The molecule has 6 heteroatoms. The molecular weight excluding hydrogens is 348 g/mol. The predicted octanol–water partition coefficient (Wildman–Crippen LogP) is 2.38. The maximum absolute atomic E-state index is 12.8. The molecule has 1 amide bonds. The maximum atomic E-state index is 12.8. The number of aryl methyl sites for hydroxylation is 2. The summed E-state index contributed by atoms with van der Waals surface area (Å²) < 4.78 is 27.1. The van der Waals surface area contributed by atoms with Gasteiger partial charge in [-0.3, -0.25) is 4.79 Å². The summed E-state index contributed by atoms with van der Waals surface area (Å²) >= 11 is 0. The van der Waals surface area contributed by atoms with Gasteiger partial charge in [0.2, 0.25) is 15.9 Å². The third-order valence-corrected chi connectivity index (χ3v) is 6.84. The minimum absolute atomic E-state index is 0.0433. The van der Waals surface area contributed by atoms with Crippen molar-refractivity contribution in [3.63, 3.8) is 0 Å². The van der Waals surface area contributed by atoms with Crippen LogP contribution in [0.3, 0.4) is 0 Å². The summed E-state index contributed by atoms with van der Waals surface area (Å²) in [7, 11) is -3.51.